The van der Waals surface area contributed by atoms with Crippen LogP contribution in [0.5, 0.6) is 0 Å². The van der Waals surface area contributed by atoms with Crippen molar-refractivity contribution in [2.75, 3.05) is 25.6 Å². The predicted molar refractivity (Wildman–Crippen MR) is 182 cm³/mol. The number of pyridine rings is 1. The molecule has 242 valence electrons. The molecule has 0 aliphatic carbocycles. The molecule has 1 saturated heterocycles. The number of carbonyl (C=O) groups excluding carboxylic acids is 2. The highest BCUT2D eigenvalue weighted by atomic mass is 35.5. The summed E-state index contributed by atoms with van der Waals surface area (Å²) in [5, 5.41) is 10.1. The van der Waals surface area contributed by atoms with Crippen LogP contribution in [0.25, 0.3) is 11.2 Å². The second kappa shape index (κ2) is 15.0. The van der Waals surface area contributed by atoms with Crippen molar-refractivity contribution < 1.29 is 19.1 Å². The SMILES string of the molecule is COC(=O)N[C@H](C(=O)Nc1ccccc1CC[C@@H]1CN[C@H](c2nc3c(Cl)cc(Cl)nc3[nH]2)CO1)C(c1ccccc1)c1ccccc1. The number of hydrogen-bond acceptors (Lipinski definition) is 7. The van der Waals surface area contributed by atoms with E-state index in [4.69, 9.17) is 32.7 Å². The molecule has 5 aromatic rings. The average molecular weight is 674 g/mol. The van der Waals surface area contributed by atoms with Gasteiger partial charge in [-0.2, -0.15) is 0 Å². The van der Waals surface area contributed by atoms with Crippen molar-refractivity contribution in [3.05, 3.63) is 124 Å². The lowest BCUT2D eigenvalue weighted by atomic mass is 9.84. The molecule has 0 unspecified atom stereocenters. The van der Waals surface area contributed by atoms with E-state index in [1.54, 1.807) is 6.07 Å². The van der Waals surface area contributed by atoms with Gasteiger partial charge in [0.2, 0.25) is 5.91 Å². The average Bonchev–Trinajstić information content (AvgIpc) is 3.53. The summed E-state index contributed by atoms with van der Waals surface area (Å²) in [6.45, 7) is 1.02. The minimum atomic E-state index is -0.956. The van der Waals surface area contributed by atoms with Gasteiger partial charge in [-0.15, -0.1) is 0 Å². The molecule has 47 heavy (non-hydrogen) atoms. The summed E-state index contributed by atoms with van der Waals surface area (Å²) in [5.74, 6) is -0.142. The zero-order valence-electron chi connectivity index (χ0n) is 25.6. The Morgan fingerprint density at radius 1 is 0.979 bits per heavy atom. The number of hydrogen-bond donors (Lipinski definition) is 4. The van der Waals surface area contributed by atoms with Gasteiger partial charge in [0.25, 0.3) is 0 Å². The number of para-hydroxylation sites is 1. The third-order valence-corrected chi connectivity index (χ3v) is 8.70. The zero-order valence-corrected chi connectivity index (χ0v) is 27.1. The topological polar surface area (TPSA) is 130 Å². The van der Waals surface area contributed by atoms with Crippen LogP contribution in [0.1, 0.15) is 40.9 Å². The predicted octanol–water partition coefficient (Wildman–Crippen LogP) is 6.42. The molecule has 3 heterocycles. The Hall–Kier alpha value is -4.48. The quantitative estimate of drug-likeness (QED) is 0.126. The van der Waals surface area contributed by atoms with Crippen LogP contribution in [0.4, 0.5) is 10.5 Å². The minimum absolute atomic E-state index is 0.0511. The second-order valence-corrected chi connectivity index (χ2v) is 12.1. The Morgan fingerprint density at radius 3 is 2.32 bits per heavy atom. The fourth-order valence-electron chi connectivity index (χ4n) is 5.86. The van der Waals surface area contributed by atoms with Crippen molar-refractivity contribution in [3.8, 4) is 0 Å². The number of aromatic nitrogens is 3. The monoisotopic (exact) mass is 672 g/mol. The number of carbonyl (C=O) groups is 2. The van der Waals surface area contributed by atoms with Gasteiger partial charge < -0.3 is 30.4 Å². The van der Waals surface area contributed by atoms with E-state index in [0.29, 0.717) is 52.4 Å². The van der Waals surface area contributed by atoms with E-state index in [-0.39, 0.29) is 18.1 Å². The molecular formula is C35H34Cl2N6O4. The number of aryl methyl sites for hydroxylation is 1. The molecule has 2 amide bonds. The summed E-state index contributed by atoms with van der Waals surface area (Å²) in [6, 6.07) is 27.4. The summed E-state index contributed by atoms with van der Waals surface area (Å²) in [5.41, 5.74) is 4.49. The molecule has 6 rings (SSSR count). The maximum absolute atomic E-state index is 14.0. The fourth-order valence-corrected chi connectivity index (χ4v) is 6.35. The van der Waals surface area contributed by atoms with E-state index in [9.17, 15) is 9.59 Å². The van der Waals surface area contributed by atoms with Crippen molar-refractivity contribution in [1.82, 2.24) is 25.6 Å². The van der Waals surface area contributed by atoms with Crippen molar-refractivity contribution in [1.29, 1.82) is 0 Å². The van der Waals surface area contributed by atoms with Crippen LogP contribution >= 0.6 is 23.2 Å². The van der Waals surface area contributed by atoms with E-state index in [1.165, 1.54) is 7.11 Å². The van der Waals surface area contributed by atoms with Crippen LogP contribution in [0.2, 0.25) is 10.2 Å². The molecule has 0 spiro atoms. The molecule has 1 aliphatic heterocycles. The number of nitrogens with zero attached hydrogens (tertiary/aromatic N) is 2. The summed E-state index contributed by atoms with van der Waals surface area (Å²) in [6.07, 6.45) is 0.633. The number of amides is 2. The number of fused-ring (bicyclic) bond motifs is 1. The molecule has 3 aromatic carbocycles. The summed E-state index contributed by atoms with van der Waals surface area (Å²) >= 11 is 12.3. The van der Waals surface area contributed by atoms with Gasteiger partial charge in [-0.05, 0) is 41.7 Å². The van der Waals surface area contributed by atoms with E-state index >= 15 is 0 Å². The first-order valence-electron chi connectivity index (χ1n) is 15.3. The molecular weight excluding hydrogens is 639 g/mol. The van der Waals surface area contributed by atoms with Gasteiger partial charge in [0.05, 0.1) is 30.9 Å². The van der Waals surface area contributed by atoms with Crippen LogP contribution < -0.4 is 16.0 Å². The smallest absolute Gasteiger partial charge is 0.407 e. The van der Waals surface area contributed by atoms with E-state index in [1.807, 2.05) is 84.9 Å². The maximum Gasteiger partial charge on any atom is 0.407 e. The van der Waals surface area contributed by atoms with E-state index in [0.717, 1.165) is 23.1 Å². The number of anilines is 1. The van der Waals surface area contributed by atoms with Gasteiger partial charge in [-0.1, -0.05) is 102 Å². The summed E-state index contributed by atoms with van der Waals surface area (Å²) in [7, 11) is 1.28. The van der Waals surface area contributed by atoms with Crippen molar-refractivity contribution in [2.45, 2.75) is 36.9 Å². The van der Waals surface area contributed by atoms with Crippen LogP contribution in [-0.2, 0) is 20.7 Å². The lowest BCUT2D eigenvalue weighted by Gasteiger charge is -2.30. The highest BCUT2D eigenvalue weighted by molar-refractivity contribution is 6.37. The molecule has 0 radical (unpaired) electrons. The lowest BCUT2D eigenvalue weighted by molar-refractivity contribution is -0.118. The van der Waals surface area contributed by atoms with E-state index < -0.39 is 18.1 Å². The number of alkyl carbamates (subject to hydrolysis) is 1. The summed E-state index contributed by atoms with van der Waals surface area (Å²) < 4.78 is 11.1. The number of benzene rings is 3. The van der Waals surface area contributed by atoms with Crippen molar-refractivity contribution in [2.24, 2.45) is 0 Å². The van der Waals surface area contributed by atoms with Crippen LogP contribution in [0.15, 0.2) is 91.0 Å². The number of aromatic amines is 1. The van der Waals surface area contributed by atoms with Gasteiger partial charge in [-0.3, -0.25) is 4.79 Å². The molecule has 1 aliphatic rings. The number of nitrogens with one attached hydrogen (secondary N) is 4. The van der Waals surface area contributed by atoms with Gasteiger partial charge in [0, 0.05) is 18.2 Å². The van der Waals surface area contributed by atoms with Crippen LogP contribution in [0, 0.1) is 0 Å². The first kappa shape index (κ1) is 32.5. The summed E-state index contributed by atoms with van der Waals surface area (Å²) in [4.78, 5) is 38.6. The molecule has 12 heteroatoms. The maximum atomic E-state index is 14.0. The first-order chi connectivity index (χ1) is 22.9. The van der Waals surface area contributed by atoms with Gasteiger partial charge in [0.1, 0.15) is 22.5 Å². The Morgan fingerprint density at radius 2 is 1.66 bits per heavy atom. The van der Waals surface area contributed by atoms with Crippen LogP contribution in [0.3, 0.4) is 0 Å². The molecule has 10 nitrogen and oxygen atoms in total. The highest BCUT2D eigenvalue weighted by Crippen LogP contribution is 2.30. The Bertz CT molecular complexity index is 1790. The van der Waals surface area contributed by atoms with Gasteiger partial charge in [-0.25, -0.2) is 14.8 Å². The molecule has 0 bridgehead atoms. The fraction of sp³-hybridized carbons (Fsp3) is 0.257. The molecule has 4 N–H and O–H groups in total. The standard InChI is InChI=1S/C35H34Cl2N6O4/c1-46-35(45)42-31(29(22-11-4-2-5-12-22)23-13-6-3-7-14-23)34(44)39-26-15-9-8-10-21(26)16-17-24-19-38-27(20-47-24)32-41-30-25(36)18-28(37)40-33(30)43-32/h2-15,18,24,27,29,31,38H,16-17,19-20H2,1H3,(H,39,44)(H,42,45)(H,40,41,43)/t24-,27+,31+/m1/s1. The van der Waals surface area contributed by atoms with Gasteiger partial charge in [0.15, 0.2) is 5.65 Å². The lowest BCUT2D eigenvalue weighted by Crippen LogP contribution is -2.48. The Kier molecular flexibility index (Phi) is 10.3. The number of rotatable bonds is 10. The molecule has 3 atom stereocenters. The number of morpholine rings is 1. The molecule has 1 fully saturated rings. The Labute approximate surface area is 282 Å². The minimum Gasteiger partial charge on any atom is -0.453 e. The number of methoxy groups -OCH3 is 1. The number of imidazole rings is 1. The molecule has 2 aromatic heterocycles. The number of H-pyrrole nitrogens is 1. The highest BCUT2D eigenvalue weighted by Gasteiger charge is 2.33. The molecule has 0 saturated carbocycles. The third kappa shape index (κ3) is 7.74. The van der Waals surface area contributed by atoms with Crippen molar-refractivity contribution >= 4 is 52.1 Å². The van der Waals surface area contributed by atoms with E-state index in [2.05, 4.69) is 30.9 Å². The normalized spacial score (nSPS) is 16.9. The number of ether oxygens (including phenoxy) is 2. The largest absolute Gasteiger partial charge is 0.453 e. The Balaban J connectivity index is 1.14. The van der Waals surface area contributed by atoms with Crippen LogP contribution in [-0.4, -0.2) is 59.4 Å². The third-order valence-electron chi connectivity index (χ3n) is 8.22. The van der Waals surface area contributed by atoms with Crippen molar-refractivity contribution in [3.63, 3.8) is 0 Å². The first-order valence-corrected chi connectivity index (χ1v) is 16.0. The zero-order chi connectivity index (χ0) is 32.8. The second-order valence-electron chi connectivity index (χ2n) is 11.3. The van der Waals surface area contributed by atoms with Gasteiger partial charge >= 0.3 is 6.09 Å². The number of halogens is 2.